The summed E-state index contributed by atoms with van der Waals surface area (Å²) in [5, 5.41) is 0. The van der Waals surface area contributed by atoms with Gasteiger partial charge in [0.15, 0.2) is 17.6 Å². The minimum absolute atomic E-state index is 0.0952. The molecule has 0 aliphatic carbocycles. The highest BCUT2D eigenvalue weighted by Crippen LogP contribution is 2.31. The number of ether oxygens (including phenoxy) is 3. The van der Waals surface area contributed by atoms with E-state index in [1.807, 2.05) is 18.2 Å². The van der Waals surface area contributed by atoms with E-state index in [-0.39, 0.29) is 12.4 Å². The van der Waals surface area contributed by atoms with Crippen molar-refractivity contribution in [1.82, 2.24) is 0 Å². The lowest BCUT2D eigenvalue weighted by Crippen LogP contribution is -2.36. The third-order valence-corrected chi connectivity index (χ3v) is 3.18. The van der Waals surface area contributed by atoms with E-state index in [4.69, 9.17) is 14.2 Å². The highest BCUT2D eigenvalue weighted by Gasteiger charge is 2.28. The van der Waals surface area contributed by atoms with E-state index < -0.39 is 6.10 Å². The Balaban J connectivity index is 1.78. The predicted octanol–water partition coefficient (Wildman–Crippen LogP) is 2.72. The molecule has 0 saturated heterocycles. The molecule has 0 spiro atoms. The molecule has 4 nitrogen and oxygen atoms in total. The first kappa shape index (κ1) is 12.5. The van der Waals surface area contributed by atoms with Gasteiger partial charge in [-0.3, -0.25) is 4.79 Å². The van der Waals surface area contributed by atoms with Crippen LogP contribution in [0.1, 0.15) is 10.4 Å². The van der Waals surface area contributed by atoms with Crippen molar-refractivity contribution in [2.75, 3.05) is 13.7 Å². The van der Waals surface area contributed by atoms with Crippen molar-refractivity contribution in [1.29, 1.82) is 0 Å². The molecule has 1 aliphatic heterocycles. The van der Waals surface area contributed by atoms with Crippen LogP contribution in [-0.2, 0) is 0 Å². The van der Waals surface area contributed by atoms with Crippen LogP contribution in [0.4, 0.5) is 0 Å². The van der Waals surface area contributed by atoms with Crippen LogP contribution < -0.4 is 14.2 Å². The molecule has 3 rings (SSSR count). The van der Waals surface area contributed by atoms with Crippen molar-refractivity contribution in [3.8, 4) is 17.2 Å². The highest BCUT2D eigenvalue weighted by molar-refractivity contribution is 6.00. The number of benzene rings is 2. The van der Waals surface area contributed by atoms with E-state index in [0.717, 1.165) is 0 Å². The van der Waals surface area contributed by atoms with Crippen LogP contribution in [0.25, 0.3) is 0 Å². The first-order chi connectivity index (χ1) is 9.78. The fourth-order valence-electron chi connectivity index (χ4n) is 2.09. The Bertz CT molecular complexity index is 619. The summed E-state index contributed by atoms with van der Waals surface area (Å²) in [5.41, 5.74) is 0.582. The Labute approximate surface area is 116 Å². The molecule has 20 heavy (non-hydrogen) atoms. The van der Waals surface area contributed by atoms with Crippen molar-refractivity contribution in [3.05, 3.63) is 54.1 Å². The van der Waals surface area contributed by atoms with Gasteiger partial charge in [-0.2, -0.15) is 0 Å². The second kappa shape index (κ2) is 5.25. The molecule has 0 aromatic heterocycles. The minimum Gasteiger partial charge on any atom is -0.497 e. The highest BCUT2D eigenvalue weighted by atomic mass is 16.6. The van der Waals surface area contributed by atoms with Gasteiger partial charge in [0.1, 0.15) is 12.4 Å². The summed E-state index contributed by atoms with van der Waals surface area (Å²) in [5.74, 6) is 1.90. The maximum Gasteiger partial charge on any atom is 0.206 e. The molecule has 1 heterocycles. The number of methoxy groups -OCH3 is 1. The second-order valence-electron chi connectivity index (χ2n) is 4.46. The largest absolute Gasteiger partial charge is 0.497 e. The van der Waals surface area contributed by atoms with Crippen LogP contribution in [-0.4, -0.2) is 25.6 Å². The van der Waals surface area contributed by atoms with Gasteiger partial charge in [0.05, 0.1) is 7.11 Å². The molecule has 102 valence electrons. The fourth-order valence-corrected chi connectivity index (χ4v) is 2.09. The number of hydrogen-bond donors (Lipinski definition) is 0. The van der Waals surface area contributed by atoms with Crippen LogP contribution in [0.3, 0.4) is 0 Å². The maximum absolute atomic E-state index is 12.4. The van der Waals surface area contributed by atoms with E-state index in [1.54, 1.807) is 37.4 Å². The topological polar surface area (TPSA) is 44.8 Å². The minimum atomic E-state index is -0.613. The average Bonchev–Trinajstić information content (AvgIpc) is 2.54. The maximum atomic E-state index is 12.4. The lowest BCUT2D eigenvalue weighted by molar-refractivity contribution is 0.0586. The zero-order valence-electron chi connectivity index (χ0n) is 11.0. The van der Waals surface area contributed by atoms with Crippen LogP contribution in [0.15, 0.2) is 48.5 Å². The Kier molecular flexibility index (Phi) is 3.29. The Morgan fingerprint density at radius 3 is 2.50 bits per heavy atom. The van der Waals surface area contributed by atoms with Crippen LogP contribution in [0.2, 0.25) is 0 Å². The number of ketones is 1. The quantitative estimate of drug-likeness (QED) is 0.804. The number of Topliss-reactive ketones (excluding diaryl/α,β-unsaturated/α-hetero) is 1. The molecule has 0 radical (unpaired) electrons. The molecule has 0 fully saturated rings. The Morgan fingerprint density at radius 2 is 1.80 bits per heavy atom. The molecule has 0 saturated carbocycles. The molecule has 1 unspecified atom stereocenters. The number of hydrogen-bond acceptors (Lipinski definition) is 4. The summed E-state index contributed by atoms with van der Waals surface area (Å²) in [6.07, 6.45) is -0.613. The first-order valence-corrected chi connectivity index (χ1v) is 6.34. The van der Waals surface area contributed by atoms with Crippen LogP contribution in [0.5, 0.6) is 17.2 Å². The van der Waals surface area contributed by atoms with E-state index in [1.165, 1.54) is 0 Å². The number of carbonyl (C=O) groups is 1. The van der Waals surface area contributed by atoms with E-state index in [9.17, 15) is 4.79 Å². The average molecular weight is 270 g/mol. The molecule has 0 amide bonds. The molecule has 1 atom stereocenters. The van der Waals surface area contributed by atoms with Gasteiger partial charge in [0.2, 0.25) is 5.78 Å². The molecular weight excluding hydrogens is 256 g/mol. The fraction of sp³-hybridized carbons (Fsp3) is 0.188. The van der Waals surface area contributed by atoms with E-state index in [0.29, 0.717) is 22.8 Å². The molecule has 1 aliphatic rings. The summed E-state index contributed by atoms with van der Waals surface area (Å²) in [6, 6.07) is 14.3. The molecule has 4 heteroatoms. The summed E-state index contributed by atoms with van der Waals surface area (Å²) in [6.45, 7) is 0.224. The zero-order chi connectivity index (χ0) is 13.9. The van der Waals surface area contributed by atoms with Gasteiger partial charge in [-0.05, 0) is 36.4 Å². The second-order valence-corrected chi connectivity index (χ2v) is 4.46. The summed E-state index contributed by atoms with van der Waals surface area (Å²) < 4.78 is 16.3. The molecule has 0 bridgehead atoms. The number of carbonyl (C=O) groups excluding carboxylic acids is 1. The smallest absolute Gasteiger partial charge is 0.206 e. The molecule has 2 aromatic rings. The van der Waals surface area contributed by atoms with Gasteiger partial charge >= 0.3 is 0 Å². The lowest BCUT2D eigenvalue weighted by atomic mass is 10.1. The SMILES string of the molecule is COc1ccc(C(=O)C2COc3ccccc3O2)cc1. The van der Waals surface area contributed by atoms with Crippen molar-refractivity contribution in [3.63, 3.8) is 0 Å². The van der Waals surface area contributed by atoms with Gasteiger partial charge in [-0.15, -0.1) is 0 Å². The third-order valence-electron chi connectivity index (χ3n) is 3.18. The molecular formula is C16H14O4. The molecule has 2 aromatic carbocycles. The summed E-state index contributed by atoms with van der Waals surface area (Å²) in [4.78, 5) is 12.4. The Hall–Kier alpha value is -2.49. The summed E-state index contributed by atoms with van der Waals surface area (Å²) in [7, 11) is 1.59. The summed E-state index contributed by atoms with van der Waals surface area (Å²) >= 11 is 0. The van der Waals surface area contributed by atoms with E-state index >= 15 is 0 Å². The number of rotatable bonds is 3. The normalized spacial score (nSPS) is 16.6. The van der Waals surface area contributed by atoms with Crippen molar-refractivity contribution in [2.24, 2.45) is 0 Å². The van der Waals surface area contributed by atoms with Gasteiger partial charge in [0, 0.05) is 5.56 Å². The van der Waals surface area contributed by atoms with Gasteiger partial charge in [0.25, 0.3) is 0 Å². The Morgan fingerprint density at radius 1 is 1.10 bits per heavy atom. The number of para-hydroxylation sites is 2. The van der Waals surface area contributed by atoms with Crippen LogP contribution >= 0.6 is 0 Å². The monoisotopic (exact) mass is 270 g/mol. The van der Waals surface area contributed by atoms with Crippen molar-refractivity contribution in [2.45, 2.75) is 6.10 Å². The molecule has 0 N–H and O–H groups in total. The van der Waals surface area contributed by atoms with Gasteiger partial charge < -0.3 is 14.2 Å². The zero-order valence-corrected chi connectivity index (χ0v) is 11.0. The first-order valence-electron chi connectivity index (χ1n) is 6.34. The third kappa shape index (κ3) is 2.32. The van der Waals surface area contributed by atoms with Gasteiger partial charge in [-0.1, -0.05) is 12.1 Å². The number of fused-ring (bicyclic) bond motifs is 1. The van der Waals surface area contributed by atoms with Crippen LogP contribution in [0, 0.1) is 0 Å². The standard InChI is InChI=1S/C16H14O4/c1-18-12-8-6-11(7-9-12)16(17)15-10-19-13-4-2-3-5-14(13)20-15/h2-9,15H,10H2,1H3. The van der Waals surface area contributed by atoms with Gasteiger partial charge in [-0.25, -0.2) is 0 Å². The van der Waals surface area contributed by atoms with Crippen molar-refractivity contribution < 1.29 is 19.0 Å². The van der Waals surface area contributed by atoms with Crippen molar-refractivity contribution >= 4 is 5.78 Å². The lowest BCUT2D eigenvalue weighted by Gasteiger charge is -2.25. The predicted molar refractivity (Wildman–Crippen MR) is 73.7 cm³/mol. The van der Waals surface area contributed by atoms with E-state index in [2.05, 4.69) is 0 Å².